The van der Waals surface area contributed by atoms with Crippen LogP contribution >= 0.6 is 11.8 Å². The summed E-state index contributed by atoms with van der Waals surface area (Å²) >= 11 is 1.38. The standard InChI is InChI=1S/C27H21N3O5S/c1-2-35-26(32)23-24(17-7-4-3-5-8-17)28-27-29(25(23)18-11-13-21(31)14-12-18)22(16-36-27)19-9-6-10-20(15-19)30(33)34/h3-16,25,31H,2H2,1H3. The van der Waals surface area contributed by atoms with Crippen molar-refractivity contribution in [3.8, 4) is 5.75 Å². The van der Waals surface area contributed by atoms with E-state index in [0.717, 1.165) is 11.1 Å². The molecule has 0 saturated heterocycles. The van der Waals surface area contributed by atoms with Gasteiger partial charge in [0.05, 0.1) is 34.5 Å². The van der Waals surface area contributed by atoms with Crippen LogP contribution in [0, 0.1) is 10.1 Å². The van der Waals surface area contributed by atoms with Crippen LogP contribution in [0.25, 0.3) is 11.4 Å². The van der Waals surface area contributed by atoms with Gasteiger partial charge in [-0.25, -0.2) is 9.79 Å². The Labute approximate surface area is 211 Å². The number of carbonyl (C=O) groups excluding carboxylic acids is 1. The van der Waals surface area contributed by atoms with E-state index in [4.69, 9.17) is 9.73 Å². The van der Waals surface area contributed by atoms with E-state index in [1.54, 1.807) is 43.3 Å². The number of hydrogen-bond donors (Lipinski definition) is 1. The molecule has 5 rings (SSSR count). The van der Waals surface area contributed by atoms with Crippen molar-refractivity contribution in [2.24, 2.45) is 4.99 Å². The molecule has 2 heterocycles. The number of fused-ring (bicyclic) bond motifs is 1. The van der Waals surface area contributed by atoms with Crippen molar-refractivity contribution in [3.63, 3.8) is 0 Å². The van der Waals surface area contributed by atoms with Crippen LogP contribution in [-0.4, -0.2) is 32.7 Å². The molecule has 3 aromatic carbocycles. The Morgan fingerprint density at radius 2 is 1.81 bits per heavy atom. The van der Waals surface area contributed by atoms with Gasteiger partial charge >= 0.3 is 5.97 Å². The summed E-state index contributed by atoms with van der Waals surface area (Å²) in [7, 11) is 0. The molecular formula is C27H21N3O5S. The second kappa shape index (κ2) is 9.71. The van der Waals surface area contributed by atoms with Crippen LogP contribution in [0.2, 0.25) is 0 Å². The molecule has 8 nitrogen and oxygen atoms in total. The van der Waals surface area contributed by atoms with Gasteiger partial charge < -0.3 is 14.7 Å². The van der Waals surface area contributed by atoms with Gasteiger partial charge in [-0.1, -0.05) is 66.4 Å². The summed E-state index contributed by atoms with van der Waals surface area (Å²) in [6, 6.07) is 21.7. The topological polar surface area (TPSA) is 105 Å². The highest BCUT2D eigenvalue weighted by atomic mass is 32.2. The highest BCUT2D eigenvalue weighted by Crippen LogP contribution is 2.49. The second-order valence-electron chi connectivity index (χ2n) is 8.04. The largest absolute Gasteiger partial charge is 0.508 e. The fourth-order valence-corrected chi connectivity index (χ4v) is 5.19. The number of nitro benzene ring substituents is 1. The molecule has 2 aliphatic heterocycles. The number of ether oxygens (including phenoxy) is 1. The lowest BCUT2D eigenvalue weighted by Crippen LogP contribution is -2.36. The minimum Gasteiger partial charge on any atom is -0.508 e. The number of non-ortho nitro benzene ring substituents is 1. The van der Waals surface area contributed by atoms with Gasteiger partial charge in [-0.15, -0.1) is 0 Å². The van der Waals surface area contributed by atoms with E-state index in [2.05, 4.69) is 0 Å². The summed E-state index contributed by atoms with van der Waals surface area (Å²) in [6.07, 6.45) is 0. The molecule has 0 saturated carbocycles. The molecule has 0 spiro atoms. The smallest absolute Gasteiger partial charge is 0.338 e. The van der Waals surface area contributed by atoms with E-state index in [1.807, 2.05) is 40.6 Å². The first-order chi connectivity index (χ1) is 17.5. The molecule has 1 atom stereocenters. The van der Waals surface area contributed by atoms with Gasteiger partial charge in [-0.2, -0.15) is 0 Å². The quantitative estimate of drug-likeness (QED) is 0.262. The number of aliphatic imine (C=N–C) groups is 1. The minimum atomic E-state index is -0.645. The summed E-state index contributed by atoms with van der Waals surface area (Å²) in [5.41, 5.74) is 3.60. The zero-order valence-corrected chi connectivity index (χ0v) is 20.0. The van der Waals surface area contributed by atoms with Crippen LogP contribution in [0.1, 0.15) is 29.7 Å². The third-order valence-corrected chi connectivity index (χ3v) is 6.68. The van der Waals surface area contributed by atoms with E-state index in [-0.39, 0.29) is 18.0 Å². The number of nitrogens with zero attached hydrogens (tertiary/aromatic N) is 3. The maximum atomic E-state index is 13.5. The van der Waals surface area contributed by atoms with Crippen molar-refractivity contribution in [2.45, 2.75) is 13.0 Å². The highest BCUT2D eigenvalue weighted by molar-refractivity contribution is 8.16. The van der Waals surface area contributed by atoms with E-state index < -0.39 is 16.9 Å². The Hall–Kier alpha value is -4.37. The lowest BCUT2D eigenvalue weighted by molar-refractivity contribution is -0.384. The Kier molecular flexibility index (Phi) is 6.30. The molecule has 9 heteroatoms. The van der Waals surface area contributed by atoms with Crippen molar-refractivity contribution in [2.75, 3.05) is 6.61 Å². The third-order valence-electron chi connectivity index (χ3n) is 5.84. The van der Waals surface area contributed by atoms with Crippen LogP contribution in [0.3, 0.4) is 0 Å². The molecule has 0 aliphatic carbocycles. The van der Waals surface area contributed by atoms with E-state index in [9.17, 15) is 20.0 Å². The van der Waals surface area contributed by atoms with Crippen molar-refractivity contribution in [3.05, 3.63) is 117 Å². The summed E-state index contributed by atoms with van der Waals surface area (Å²) < 4.78 is 5.49. The number of amidine groups is 1. The van der Waals surface area contributed by atoms with Gasteiger partial charge in [-0.05, 0) is 24.6 Å². The number of benzene rings is 3. The monoisotopic (exact) mass is 499 g/mol. The predicted octanol–water partition coefficient (Wildman–Crippen LogP) is 5.73. The Morgan fingerprint density at radius 1 is 1.08 bits per heavy atom. The number of carbonyl (C=O) groups is 1. The number of thioether (sulfide) groups is 1. The van der Waals surface area contributed by atoms with Gasteiger partial charge in [0.25, 0.3) is 5.69 Å². The highest BCUT2D eigenvalue weighted by Gasteiger charge is 2.42. The molecule has 0 amide bonds. The fraction of sp³-hybridized carbons (Fsp3) is 0.111. The third kappa shape index (κ3) is 4.25. The van der Waals surface area contributed by atoms with Gasteiger partial charge in [0.1, 0.15) is 5.75 Å². The van der Waals surface area contributed by atoms with Crippen molar-refractivity contribution >= 4 is 40.0 Å². The van der Waals surface area contributed by atoms with Gasteiger partial charge in [0.2, 0.25) is 0 Å². The van der Waals surface area contributed by atoms with Crippen LogP contribution in [0.4, 0.5) is 5.69 Å². The number of phenolic OH excluding ortho intramolecular Hbond substituents is 1. The van der Waals surface area contributed by atoms with E-state index in [1.165, 1.54) is 23.9 Å². The summed E-state index contributed by atoms with van der Waals surface area (Å²) in [5.74, 6) is -0.411. The van der Waals surface area contributed by atoms with E-state index in [0.29, 0.717) is 27.7 Å². The molecule has 1 N–H and O–H groups in total. The molecule has 0 aromatic heterocycles. The van der Waals surface area contributed by atoms with Crippen molar-refractivity contribution in [1.82, 2.24) is 4.90 Å². The van der Waals surface area contributed by atoms with Crippen LogP contribution < -0.4 is 0 Å². The first-order valence-corrected chi connectivity index (χ1v) is 12.1. The van der Waals surface area contributed by atoms with Crippen molar-refractivity contribution < 1.29 is 19.6 Å². The molecule has 3 aromatic rings. The van der Waals surface area contributed by atoms with Crippen molar-refractivity contribution in [1.29, 1.82) is 0 Å². The Balaban J connectivity index is 1.73. The second-order valence-corrected chi connectivity index (χ2v) is 8.87. The van der Waals surface area contributed by atoms with E-state index >= 15 is 0 Å². The SMILES string of the molecule is CCOC(=O)C1=C(c2ccccc2)N=C2SC=C(c3cccc([N+](=O)[O-])c3)N2C1c1ccc(O)cc1. The molecule has 0 bridgehead atoms. The number of nitro groups is 1. The molecule has 36 heavy (non-hydrogen) atoms. The number of hydrogen-bond acceptors (Lipinski definition) is 8. The molecule has 1 unspecified atom stereocenters. The van der Waals surface area contributed by atoms with Gasteiger partial charge in [-0.3, -0.25) is 10.1 Å². The summed E-state index contributed by atoms with van der Waals surface area (Å²) in [6.45, 7) is 1.93. The zero-order valence-electron chi connectivity index (χ0n) is 19.2. The average Bonchev–Trinajstić information content (AvgIpc) is 3.33. The van der Waals surface area contributed by atoms with Crippen LogP contribution in [0.15, 0.2) is 94.8 Å². The molecule has 180 valence electrons. The molecule has 0 fully saturated rings. The van der Waals surface area contributed by atoms with Crippen LogP contribution in [-0.2, 0) is 9.53 Å². The lowest BCUT2D eigenvalue weighted by Gasteiger charge is -2.37. The Morgan fingerprint density at radius 3 is 2.50 bits per heavy atom. The number of esters is 1. The zero-order chi connectivity index (χ0) is 25.2. The summed E-state index contributed by atoms with van der Waals surface area (Å²) in [4.78, 5) is 31.2. The predicted molar refractivity (Wildman–Crippen MR) is 139 cm³/mol. The summed E-state index contributed by atoms with van der Waals surface area (Å²) in [5, 5.41) is 23.9. The molecule has 0 radical (unpaired) electrons. The molecule has 2 aliphatic rings. The van der Waals surface area contributed by atoms with Crippen LogP contribution in [0.5, 0.6) is 5.75 Å². The van der Waals surface area contributed by atoms with Gasteiger partial charge in [0.15, 0.2) is 5.17 Å². The maximum absolute atomic E-state index is 13.5. The minimum absolute atomic E-state index is 0.0342. The average molecular weight is 500 g/mol. The number of phenols is 1. The number of aromatic hydroxyl groups is 1. The first-order valence-electron chi connectivity index (χ1n) is 11.2. The lowest BCUT2D eigenvalue weighted by atomic mass is 9.91. The van der Waals surface area contributed by atoms with Gasteiger partial charge in [0, 0.05) is 28.7 Å². The normalized spacial score (nSPS) is 16.8. The first kappa shape index (κ1) is 23.4. The maximum Gasteiger partial charge on any atom is 0.338 e. The fourth-order valence-electron chi connectivity index (χ4n) is 4.26. The molecular weight excluding hydrogens is 478 g/mol. The Bertz CT molecular complexity index is 1430. The number of rotatable bonds is 6.